The van der Waals surface area contributed by atoms with E-state index in [-0.39, 0.29) is 21.9 Å². The molecular formula is C20H13N3O6S2. The van der Waals surface area contributed by atoms with Crippen LogP contribution in [-0.2, 0) is 10.1 Å². The van der Waals surface area contributed by atoms with E-state index in [0.717, 1.165) is 16.3 Å². The van der Waals surface area contributed by atoms with Crippen molar-refractivity contribution in [2.75, 3.05) is 5.32 Å². The average molecular weight is 455 g/mol. The van der Waals surface area contributed by atoms with Crippen molar-refractivity contribution in [3.8, 4) is 5.75 Å². The van der Waals surface area contributed by atoms with Gasteiger partial charge < -0.3 is 4.18 Å². The summed E-state index contributed by atoms with van der Waals surface area (Å²) >= 11 is 1.34. The van der Waals surface area contributed by atoms with Crippen LogP contribution in [0.5, 0.6) is 5.75 Å². The summed E-state index contributed by atoms with van der Waals surface area (Å²) in [5, 5.41) is 14.0. The fourth-order valence-electron chi connectivity index (χ4n) is 2.68. The molecule has 0 saturated carbocycles. The number of rotatable bonds is 6. The van der Waals surface area contributed by atoms with Crippen LogP contribution in [0.15, 0.2) is 77.7 Å². The number of anilines is 1. The number of nitro benzene ring substituents is 1. The lowest BCUT2D eigenvalue weighted by atomic mass is 10.2. The Balaban J connectivity index is 1.48. The molecule has 3 aromatic carbocycles. The quantitative estimate of drug-likeness (QED) is 0.262. The zero-order valence-electron chi connectivity index (χ0n) is 15.6. The zero-order chi connectivity index (χ0) is 22.0. The lowest BCUT2D eigenvalue weighted by Crippen LogP contribution is -2.12. The van der Waals surface area contributed by atoms with Gasteiger partial charge in [-0.2, -0.15) is 8.42 Å². The van der Waals surface area contributed by atoms with Crippen LogP contribution in [0, 0.1) is 10.1 Å². The van der Waals surface area contributed by atoms with Gasteiger partial charge in [-0.3, -0.25) is 20.2 Å². The van der Waals surface area contributed by atoms with E-state index in [1.165, 1.54) is 53.8 Å². The molecule has 0 radical (unpaired) electrons. The number of non-ortho nitro benzene ring substituents is 1. The molecule has 1 N–H and O–H groups in total. The van der Waals surface area contributed by atoms with Crippen LogP contribution in [0.25, 0.3) is 10.2 Å². The highest BCUT2D eigenvalue weighted by Gasteiger charge is 2.20. The number of carbonyl (C=O) groups is 1. The van der Waals surface area contributed by atoms with Gasteiger partial charge in [-0.1, -0.05) is 29.5 Å². The SMILES string of the molecule is O=C(Nc1nc2ccccc2s1)c1ccc(OS(=O)(=O)c2cccc([N+](=O)[O-])c2)cc1. The van der Waals surface area contributed by atoms with Crippen molar-refractivity contribution in [1.29, 1.82) is 0 Å². The lowest BCUT2D eigenvalue weighted by Gasteiger charge is -2.08. The first kappa shape index (κ1) is 20.4. The number of hydrogen-bond donors (Lipinski definition) is 1. The molecule has 0 aliphatic rings. The first-order chi connectivity index (χ1) is 14.8. The maximum absolute atomic E-state index is 12.4. The van der Waals surface area contributed by atoms with E-state index in [1.807, 2.05) is 24.3 Å². The Morgan fingerprint density at radius 2 is 1.77 bits per heavy atom. The molecule has 0 spiro atoms. The molecule has 0 bridgehead atoms. The van der Waals surface area contributed by atoms with E-state index in [9.17, 15) is 23.3 Å². The predicted molar refractivity (Wildman–Crippen MR) is 115 cm³/mol. The number of aromatic nitrogens is 1. The van der Waals surface area contributed by atoms with Gasteiger partial charge >= 0.3 is 10.1 Å². The van der Waals surface area contributed by atoms with Crippen LogP contribution in [0.4, 0.5) is 10.8 Å². The molecule has 0 fully saturated rings. The summed E-state index contributed by atoms with van der Waals surface area (Å²) in [6.07, 6.45) is 0. The average Bonchev–Trinajstić information content (AvgIpc) is 3.16. The number of amides is 1. The molecule has 1 amide bonds. The fraction of sp³-hybridized carbons (Fsp3) is 0. The number of nitrogens with one attached hydrogen (secondary N) is 1. The topological polar surface area (TPSA) is 128 Å². The van der Waals surface area contributed by atoms with Crippen molar-refractivity contribution in [2.45, 2.75) is 4.90 Å². The molecule has 0 atom stereocenters. The van der Waals surface area contributed by atoms with Crippen molar-refractivity contribution >= 4 is 48.4 Å². The van der Waals surface area contributed by atoms with Gasteiger partial charge in [0, 0.05) is 17.7 Å². The largest absolute Gasteiger partial charge is 0.379 e. The maximum atomic E-state index is 12.4. The van der Waals surface area contributed by atoms with Gasteiger partial charge in [0.15, 0.2) is 5.13 Å². The minimum absolute atomic E-state index is 0.0388. The molecule has 4 rings (SSSR count). The van der Waals surface area contributed by atoms with Gasteiger partial charge in [-0.25, -0.2) is 4.98 Å². The van der Waals surface area contributed by atoms with Crippen LogP contribution in [0.1, 0.15) is 10.4 Å². The van der Waals surface area contributed by atoms with Crippen LogP contribution < -0.4 is 9.50 Å². The maximum Gasteiger partial charge on any atom is 0.339 e. The van der Waals surface area contributed by atoms with E-state index in [0.29, 0.717) is 5.13 Å². The normalized spacial score (nSPS) is 11.2. The molecule has 9 nitrogen and oxygen atoms in total. The lowest BCUT2D eigenvalue weighted by molar-refractivity contribution is -0.385. The zero-order valence-corrected chi connectivity index (χ0v) is 17.2. The minimum Gasteiger partial charge on any atom is -0.379 e. The number of benzene rings is 3. The van der Waals surface area contributed by atoms with E-state index >= 15 is 0 Å². The molecule has 1 aromatic heterocycles. The van der Waals surface area contributed by atoms with Crippen LogP contribution in [0.2, 0.25) is 0 Å². The number of carbonyl (C=O) groups excluding carboxylic acids is 1. The molecule has 0 aliphatic heterocycles. The van der Waals surface area contributed by atoms with Crippen LogP contribution >= 0.6 is 11.3 Å². The summed E-state index contributed by atoms with van der Waals surface area (Å²) in [4.78, 5) is 26.6. The molecule has 31 heavy (non-hydrogen) atoms. The Morgan fingerprint density at radius 3 is 2.48 bits per heavy atom. The van der Waals surface area contributed by atoms with E-state index in [2.05, 4.69) is 10.3 Å². The van der Waals surface area contributed by atoms with Crippen molar-refractivity contribution < 1.29 is 22.3 Å². The summed E-state index contributed by atoms with van der Waals surface area (Å²) in [6, 6.07) is 17.5. The standard InChI is InChI=1S/C20H13N3O6S2/c24-19(22-20-21-17-6-1-2-7-18(17)30-20)13-8-10-15(11-9-13)29-31(27,28)16-5-3-4-14(12-16)23(25)26/h1-12H,(H,21,22,24). The fourth-order valence-corrected chi connectivity index (χ4v) is 4.52. The highest BCUT2D eigenvalue weighted by Crippen LogP contribution is 2.26. The third kappa shape index (κ3) is 4.52. The van der Waals surface area contributed by atoms with Gasteiger partial charge in [0.2, 0.25) is 0 Å². The molecule has 4 aromatic rings. The first-order valence-corrected chi connectivity index (χ1v) is 11.0. The Bertz CT molecular complexity index is 1360. The van der Waals surface area contributed by atoms with E-state index in [1.54, 1.807) is 0 Å². The minimum atomic E-state index is -4.28. The van der Waals surface area contributed by atoms with Gasteiger partial charge in [-0.05, 0) is 42.5 Å². The van der Waals surface area contributed by atoms with Crippen molar-refractivity contribution in [3.05, 3.63) is 88.5 Å². The van der Waals surface area contributed by atoms with Crippen molar-refractivity contribution in [3.63, 3.8) is 0 Å². The second kappa shape index (κ2) is 8.13. The Labute approximate surface area is 180 Å². The Morgan fingerprint density at radius 1 is 1.03 bits per heavy atom. The van der Waals surface area contributed by atoms with E-state index < -0.39 is 20.9 Å². The third-order valence-corrected chi connectivity index (χ3v) is 6.35. The summed E-state index contributed by atoms with van der Waals surface area (Å²) in [7, 11) is -4.28. The predicted octanol–water partition coefficient (Wildman–Crippen LogP) is 4.22. The smallest absolute Gasteiger partial charge is 0.339 e. The number of fused-ring (bicyclic) bond motifs is 1. The third-order valence-electron chi connectivity index (χ3n) is 4.15. The van der Waals surface area contributed by atoms with Crippen LogP contribution in [-0.4, -0.2) is 24.2 Å². The molecule has 0 aliphatic carbocycles. The molecule has 0 unspecified atom stereocenters. The second-order valence-electron chi connectivity index (χ2n) is 6.26. The Kier molecular flexibility index (Phi) is 5.36. The molecule has 156 valence electrons. The highest BCUT2D eigenvalue weighted by molar-refractivity contribution is 7.87. The van der Waals surface area contributed by atoms with E-state index in [4.69, 9.17) is 4.18 Å². The molecule has 0 saturated heterocycles. The van der Waals surface area contributed by atoms with Crippen LogP contribution in [0.3, 0.4) is 0 Å². The first-order valence-electron chi connectivity index (χ1n) is 8.78. The van der Waals surface area contributed by atoms with Gasteiger partial charge in [0.05, 0.1) is 15.1 Å². The molecule has 11 heteroatoms. The van der Waals surface area contributed by atoms with Crippen molar-refractivity contribution in [2.24, 2.45) is 0 Å². The van der Waals surface area contributed by atoms with Gasteiger partial charge in [-0.15, -0.1) is 0 Å². The number of hydrogen-bond acceptors (Lipinski definition) is 8. The van der Waals surface area contributed by atoms with Gasteiger partial charge in [0.1, 0.15) is 10.6 Å². The summed E-state index contributed by atoms with van der Waals surface area (Å²) in [5.41, 5.74) is 0.684. The van der Waals surface area contributed by atoms with Crippen molar-refractivity contribution in [1.82, 2.24) is 4.98 Å². The Hall–Kier alpha value is -3.83. The molecular weight excluding hydrogens is 442 g/mol. The second-order valence-corrected chi connectivity index (χ2v) is 8.83. The number of para-hydroxylation sites is 1. The highest BCUT2D eigenvalue weighted by atomic mass is 32.2. The summed E-state index contributed by atoms with van der Waals surface area (Å²) in [6.45, 7) is 0. The molecule has 1 heterocycles. The summed E-state index contributed by atoms with van der Waals surface area (Å²) < 4.78 is 30.7. The summed E-state index contributed by atoms with van der Waals surface area (Å²) in [5.74, 6) is -0.449. The number of nitro groups is 1. The monoisotopic (exact) mass is 455 g/mol. The number of thiazole rings is 1. The number of nitrogens with zero attached hydrogens (tertiary/aromatic N) is 2. The van der Waals surface area contributed by atoms with Gasteiger partial charge in [0.25, 0.3) is 11.6 Å².